The molecule has 1 aliphatic rings. The topological polar surface area (TPSA) is 68.6 Å². The van der Waals surface area contributed by atoms with E-state index >= 15 is 0 Å². The van der Waals surface area contributed by atoms with Crippen molar-refractivity contribution in [3.63, 3.8) is 0 Å². The molecule has 0 aliphatic carbocycles. The summed E-state index contributed by atoms with van der Waals surface area (Å²) in [6, 6.07) is 4.34. The second-order valence-corrected chi connectivity index (χ2v) is 7.54. The van der Waals surface area contributed by atoms with Crippen LogP contribution in [-0.4, -0.2) is 37.3 Å². The number of nitrogens with zero attached hydrogens (tertiary/aromatic N) is 4. The number of aryl methyl sites for hydroxylation is 1. The van der Waals surface area contributed by atoms with Gasteiger partial charge in [-0.05, 0) is 25.0 Å². The number of H-pyrrole nitrogens is 1. The smallest absolute Gasteiger partial charge is 0.150 e. The van der Waals surface area contributed by atoms with Gasteiger partial charge in [0.25, 0.3) is 0 Å². The molecule has 1 atom stereocenters. The summed E-state index contributed by atoms with van der Waals surface area (Å²) in [6.45, 7) is 1.77. The molecule has 8 heteroatoms. The molecule has 23 heavy (non-hydrogen) atoms. The van der Waals surface area contributed by atoms with Gasteiger partial charge in [0.2, 0.25) is 0 Å². The number of aromatic nitrogens is 5. The van der Waals surface area contributed by atoms with E-state index in [0.29, 0.717) is 0 Å². The molecule has 120 valence electrons. The van der Waals surface area contributed by atoms with Crippen LogP contribution in [0.3, 0.4) is 0 Å². The van der Waals surface area contributed by atoms with Gasteiger partial charge in [0.1, 0.15) is 10.9 Å². The molecular formula is C15H17N5OS2. The standard InChI is InChI=1S/C15H17N5OS2/c1-2-11(21-8-1)12-3-4-13(23-12)15-16-5-6-20(15)7-9-22-14-10-17-19-18-14/h3-6,10-11H,1-2,7-9H2,(H,17,18,19)/t11-/m1/s1. The van der Waals surface area contributed by atoms with Crippen LogP contribution in [-0.2, 0) is 11.3 Å². The van der Waals surface area contributed by atoms with Crippen molar-refractivity contribution in [1.29, 1.82) is 0 Å². The summed E-state index contributed by atoms with van der Waals surface area (Å²) in [6.07, 6.45) is 8.20. The lowest BCUT2D eigenvalue weighted by Crippen LogP contribution is -2.01. The molecule has 0 amide bonds. The van der Waals surface area contributed by atoms with Crippen molar-refractivity contribution >= 4 is 23.1 Å². The van der Waals surface area contributed by atoms with Gasteiger partial charge in [-0.2, -0.15) is 10.3 Å². The van der Waals surface area contributed by atoms with Crippen molar-refractivity contribution in [2.45, 2.75) is 30.5 Å². The first-order chi connectivity index (χ1) is 11.4. The largest absolute Gasteiger partial charge is 0.373 e. The molecule has 0 unspecified atom stereocenters. The molecule has 0 spiro atoms. The van der Waals surface area contributed by atoms with E-state index in [9.17, 15) is 0 Å². The number of thiophene rings is 1. The zero-order valence-corrected chi connectivity index (χ0v) is 14.1. The van der Waals surface area contributed by atoms with Crippen LogP contribution in [0.15, 0.2) is 35.7 Å². The average molecular weight is 347 g/mol. The first-order valence-corrected chi connectivity index (χ1v) is 9.42. The summed E-state index contributed by atoms with van der Waals surface area (Å²) in [5, 5.41) is 11.4. The Balaban J connectivity index is 1.44. The van der Waals surface area contributed by atoms with Gasteiger partial charge in [-0.15, -0.1) is 28.2 Å². The minimum Gasteiger partial charge on any atom is -0.373 e. The van der Waals surface area contributed by atoms with Crippen LogP contribution >= 0.6 is 23.1 Å². The molecule has 1 aliphatic heterocycles. The number of rotatable bonds is 6. The van der Waals surface area contributed by atoms with E-state index < -0.39 is 0 Å². The van der Waals surface area contributed by atoms with E-state index in [2.05, 4.69) is 37.1 Å². The normalized spacial score (nSPS) is 17.8. The minimum atomic E-state index is 0.278. The molecule has 0 bridgehead atoms. The molecule has 1 fully saturated rings. The quantitative estimate of drug-likeness (QED) is 0.692. The van der Waals surface area contributed by atoms with Crippen LogP contribution in [0, 0.1) is 0 Å². The Bertz CT molecular complexity index is 746. The Kier molecular flexibility index (Phi) is 4.45. The summed E-state index contributed by atoms with van der Waals surface area (Å²) < 4.78 is 7.96. The minimum absolute atomic E-state index is 0.278. The summed E-state index contributed by atoms with van der Waals surface area (Å²) in [5.41, 5.74) is 0. The Hall–Kier alpha value is -1.64. The molecule has 3 aromatic heterocycles. The second-order valence-electron chi connectivity index (χ2n) is 5.30. The number of thioether (sulfide) groups is 1. The van der Waals surface area contributed by atoms with E-state index in [1.807, 2.05) is 12.4 Å². The highest BCUT2D eigenvalue weighted by atomic mass is 32.2. The number of ether oxygens (including phenoxy) is 1. The molecule has 3 aromatic rings. The third-order valence-electron chi connectivity index (χ3n) is 3.78. The highest BCUT2D eigenvalue weighted by molar-refractivity contribution is 7.99. The van der Waals surface area contributed by atoms with Gasteiger partial charge in [0.15, 0.2) is 0 Å². The first kappa shape index (κ1) is 14.9. The van der Waals surface area contributed by atoms with Crippen LogP contribution in [0.25, 0.3) is 10.7 Å². The zero-order chi connectivity index (χ0) is 15.5. The molecule has 0 radical (unpaired) electrons. The predicted molar refractivity (Wildman–Crippen MR) is 90.6 cm³/mol. The molecule has 0 saturated carbocycles. The van der Waals surface area contributed by atoms with E-state index in [-0.39, 0.29) is 6.10 Å². The Morgan fingerprint density at radius 3 is 3.26 bits per heavy atom. The lowest BCUT2D eigenvalue weighted by molar-refractivity contribution is 0.114. The van der Waals surface area contributed by atoms with E-state index in [1.165, 1.54) is 9.75 Å². The van der Waals surface area contributed by atoms with Crippen LogP contribution < -0.4 is 0 Å². The van der Waals surface area contributed by atoms with Gasteiger partial charge in [-0.3, -0.25) is 0 Å². The maximum absolute atomic E-state index is 5.77. The summed E-state index contributed by atoms with van der Waals surface area (Å²) in [7, 11) is 0. The lowest BCUT2D eigenvalue weighted by Gasteiger charge is -2.06. The van der Waals surface area contributed by atoms with E-state index in [0.717, 1.165) is 42.6 Å². The maximum Gasteiger partial charge on any atom is 0.150 e. The Morgan fingerprint density at radius 1 is 1.43 bits per heavy atom. The summed E-state index contributed by atoms with van der Waals surface area (Å²) in [5.74, 6) is 1.96. The molecule has 4 heterocycles. The fourth-order valence-corrected chi connectivity index (χ4v) is 4.51. The van der Waals surface area contributed by atoms with Gasteiger partial charge in [-0.25, -0.2) is 4.98 Å². The lowest BCUT2D eigenvalue weighted by atomic mass is 10.2. The number of aromatic amines is 1. The number of nitrogens with one attached hydrogen (secondary N) is 1. The highest BCUT2D eigenvalue weighted by Gasteiger charge is 2.20. The Morgan fingerprint density at radius 2 is 2.43 bits per heavy atom. The van der Waals surface area contributed by atoms with Gasteiger partial charge in [-0.1, -0.05) is 0 Å². The molecule has 0 aromatic carbocycles. The zero-order valence-electron chi connectivity index (χ0n) is 12.5. The molecule has 6 nitrogen and oxygen atoms in total. The van der Waals surface area contributed by atoms with Gasteiger partial charge >= 0.3 is 0 Å². The van der Waals surface area contributed by atoms with Crippen molar-refractivity contribution in [3.05, 3.63) is 35.6 Å². The van der Waals surface area contributed by atoms with Crippen molar-refractivity contribution in [1.82, 2.24) is 25.0 Å². The van der Waals surface area contributed by atoms with Crippen molar-refractivity contribution in [2.75, 3.05) is 12.4 Å². The first-order valence-electron chi connectivity index (χ1n) is 7.61. The van der Waals surface area contributed by atoms with Gasteiger partial charge in [0.05, 0.1) is 17.2 Å². The summed E-state index contributed by atoms with van der Waals surface area (Å²) >= 11 is 3.48. The summed E-state index contributed by atoms with van der Waals surface area (Å²) in [4.78, 5) is 7.04. The monoisotopic (exact) mass is 347 g/mol. The van der Waals surface area contributed by atoms with E-state index in [1.54, 1.807) is 29.3 Å². The fraction of sp³-hybridized carbons (Fsp3) is 0.400. The molecule has 4 rings (SSSR count). The van der Waals surface area contributed by atoms with E-state index in [4.69, 9.17) is 4.74 Å². The van der Waals surface area contributed by atoms with Crippen molar-refractivity contribution in [3.8, 4) is 10.7 Å². The maximum atomic E-state index is 5.77. The number of imidazole rings is 1. The highest BCUT2D eigenvalue weighted by Crippen LogP contribution is 2.36. The molecule has 1 N–H and O–H groups in total. The van der Waals surface area contributed by atoms with Gasteiger partial charge in [0, 0.05) is 36.2 Å². The molecular weight excluding hydrogens is 330 g/mol. The number of hydrogen-bond donors (Lipinski definition) is 1. The SMILES string of the molecule is c1cn(CCSc2cn[nH]n2)c(-c2ccc([C@H]3CCCO3)s2)n1. The average Bonchev–Trinajstić information content (AvgIpc) is 3.33. The third kappa shape index (κ3) is 3.34. The Labute approximate surface area is 142 Å². The van der Waals surface area contributed by atoms with Crippen LogP contribution in [0.2, 0.25) is 0 Å². The van der Waals surface area contributed by atoms with Crippen LogP contribution in [0.1, 0.15) is 23.8 Å². The van der Waals surface area contributed by atoms with Crippen molar-refractivity contribution in [2.24, 2.45) is 0 Å². The van der Waals surface area contributed by atoms with Crippen LogP contribution in [0.5, 0.6) is 0 Å². The molecule has 1 saturated heterocycles. The third-order valence-corrected chi connectivity index (χ3v) is 5.84. The van der Waals surface area contributed by atoms with Crippen molar-refractivity contribution < 1.29 is 4.74 Å². The van der Waals surface area contributed by atoms with Gasteiger partial charge < -0.3 is 9.30 Å². The fourth-order valence-electron chi connectivity index (χ4n) is 2.67. The second kappa shape index (κ2) is 6.86. The van der Waals surface area contributed by atoms with Crippen LogP contribution in [0.4, 0.5) is 0 Å². The number of hydrogen-bond acceptors (Lipinski definition) is 6. The predicted octanol–water partition coefficient (Wildman–Crippen LogP) is 3.37.